The summed E-state index contributed by atoms with van der Waals surface area (Å²) in [5, 5.41) is 14.2. The number of carboxylic acid groups (broad SMARTS) is 1. The number of benzene rings is 1. The summed E-state index contributed by atoms with van der Waals surface area (Å²) in [4.78, 5) is 22.3. The number of urea groups is 1. The van der Waals surface area contributed by atoms with E-state index in [9.17, 15) is 9.59 Å². The summed E-state index contributed by atoms with van der Waals surface area (Å²) < 4.78 is 0. The molecule has 1 atom stereocenters. The predicted molar refractivity (Wildman–Crippen MR) is 82.0 cm³/mol. The summed E-state index contributed by atoms with van der Waals surface area (Å²) in [5.74, 6) is -0.453. The monoisotopic (exact) mass is 288 g/mol. The number of carboxylic acids is 1. The van der Waals surface area contributed by atoms with Crippen molar-refractivity contribution in [3.8, 4) is 0 Å². The summed E-state index contributed by atoms with van der Waals surface area (Å²) in [6.45, 7) is 5.06. The number of carbonyl (C=O) groups excluding carboxylic acids is 1. The molecule has 0 spiro atoms. The Bertz CT molecular complexity index is 579. The molecule has 1 aromatic rings. The van der Waals surface area contributed by atoms with E-state index >= 15 is 0 Å². The van der Waals surface area contributed by atoms with Crippen molar-refractivity contribution in [3.05, 3.63) is 35.9 Å². The highest BCUT2D eigenvalue weighted by Crippen LogP contribution is 2.50. The van der Waals surface area contributed by atoms with E-state index in [1.807, 2.05) is 0 Å². The van der Waals surface area contributed by atoms with Crippen LogP contribution in [0.4, 0.5) is 10.5 Å². The highest BCUT2D eigenvalue weighted by Gasteiger charge is 2.45. The number of hydrogen-bond acceptors (Lipinski definition) is 2. The molecule has 0 heterocycles. The fraction of sp³-hybridized carbons (Fsp3) is 0.375. The highest BCUT2D eigenvalue weighted by atomic mass is 16.4. The Morgan fingerprint density at radius 2 is 2.14 bits per heavy atom. The Morgan fingerprint density at radius 1 is 1.43 bits per heavy atom. The maximum absolute atomic E-state index is 11.8. The van der Waals surface area contributed by atoms with E-state index in [0.29, 0.717) is 23.6 Å². The Kier molecular flexibility index (Phi) is 4.31. The van der Waals surface area contributed by atoms with Crippen LogP contribution in [-0.2, 0) is 4.79 Å². The molecule has 5 nitrogen and oxygen atoms in total. The van der Waals surface area contributed by atoms with Crippen LogP contribution in [0.3, 0.4) is 0 Å². The SMILES string of the molecule is CC1(C)CC1CNC(=O)Nc1cccc(/C=C/C(=O)O)c1. The Balaban J connectivity index is 1.86. The maximum Gasteiger partial charge on any atom is 0.328 e. The van der Waals surface area contributed by atoms with Gasteiger partial charge in [-0.1, -0.05) is 26.0 Å². The number of aliphatic carboxylic acids is 1. The number of amides is 2. The molecule has 0 aliphatic heterocycles. The van der Waals surface area contributed by atoms with Gasteiger partial charge in [-0.15, -0.1) is 0 Å². The van der Waals surface area contributed by atoms with Crippen LogP contribution in [0.5, 0.6) is 0 Å². The van der Waals surface area contributed by atoms with Crippen LogP contribution < -0.4 is 10.6 Å². The molecule has 2 amide bonds. The predicted octanol–water partition coefficient (Wildman–Crippen LogP) is 2.95. The van der Waals surface area contributed by atoms with E-state index < -0.39 is 5.97 Å². The van der Waals surface area contributed by atoms with Crippen molar-refractivity contribution in [3.63, 3.8) is 0 Å². The summed E-state index contributed by atoms with van der Waals surface area (Å²) in [7, 11) is 0. The number of rotatable bonds is 5. The Hall–Kier alpha value is -2.30. The Labute approximate surface area is 124 Å². The van der Waals surface area contributed by atoms with Gasteiger partial charge in [0.05, 0.1) is 0 Å². The molecule has 1 aliphatic rings. The second-order valence-corrected chi connectivity index (χ2v) is 6.02. The van der Waals surface area contributed by atoms with Gasteiger partial charge >= 0.3 is 12.0 Å². The van der Waals surface area contributed by atoms with Crippen molar-refractivity contribution in [2.75, 3.05) is 11.9 Å². The van der Waals surface area contributed by atoms with Crippen molar-refractivity contribution in [1.29, 1.82) is 0 Å². The molecular weight excluding hydrogens is 268 g/mol. The first-order valence-corrected chi connectivity index (χ1v) is 6.93. The highest BCUT2D eigenvalue weighted by molar-refractivity contribution is 5.90. The van der Waals surface area contributed by atoms with Crippen molar-refractivity contribution in [2.45, 2.75) is 20.3 Å². The lowest BCUT2D eigenvalue weighted by Gasteiger charge is -2.09. The fourth-order valence-corrected chi connectivity index (χ4v) is 2.20. The first-order chi connectivity index (χ1) is 9.87. The lowest BCUT2D eigenvalue weighted by atomic mass is 10.1. The fourth-order valence-electron chi connectivity index (χ4n) is 2.20. The zero-order chi connectivity index (χ0) is 15.5. The molecule has 0 radical (unpaired) electrons. The van der Waals surface area contributed by atoms with Gasteiger partial charge in [0.1, 0.15) is 0 Å². The first kappa shape index (κ1) is 15.1. The molecule has 0 bridgehead atoms. The van der Waals surface area contributed by atoms with Crippen molar-refractivity contribution >= 4 is 23.8 Å². The van der Waals surface area contributed by atoms with Crippen molar-refractivity contribution < 1.29 is 14.7 Å². The third-order valence-electron chi connectivity index (χ3n) is 3.79. The zero-order valence-electron chi connectivity index (χ0n) is 12.2. The number of hydrogen-bond donors (Lipinski definition) is 3. The van der Waals surface area contributed by atoms with Crippen LogP contribution in [0.1, 0.15) is 25.8 Å². The van der Waals surface area contributed by atoms with E-state index in [4.69, 9.17) is 5.11 Å². The van der Waals surface area contributed by atoms with Crippen LogP contribution in [0, 0.1) is 11.3 Å². The number of anilines is 1. The van der Waals surface area contributed by atoms with Gasteiger partial charge in [-0.25, -0.2) is 9.59 Å². The topological polar surface area (TPSA) is 78.4 Å². The van der Waals surface area contributed by atoms with Crippen LogP contribution in [-0.4, -0.2) is 23.7 Å². The largest absolute Gasteiger partial charge is 0.478 e. The van der Waals surface area contributed by atoms with E-state index in [1.54, 1.807) is 24.3 Å². The maximum atomic E-state index is 11.8. The summed E-state index contributed by atoms with van der Waals surface area (Å²) >= 11 is 0. The van der Waals surface area contributed by atoms with Gasteiger partial charge in [-0.3, -0.25) is 0 Å². The minimum absolute atomic E-state index is 0.239. The van der Waals surface area contributed by atoms with Gasteiger partial charge < -0.3 is 15.7 Å². The summed E-state index contributed by atoms with van der Waals surface area (Å²) in [6.07, 6.45) is 3.69. The molecular formula is C16H20N2O3. The average Bonchev–Trinajstić information content (AvgIpc) is 3.02. The quantitative estimate of drug-likeness (QED) is 0.729. The second kappa shape index (κ2) is 5.99. The minimum atomic E-state index is -1.00. The standard InChI is InChI=1S/C16H20N2O3/c1-16(2)9-12(16)10-17-15(21)18-13-5-3-4-11(8-13)6-7-14(19)20/h3-8,12H,9-10H2,1-2H3,(H,19,20)(H2,17,18,21)/b7-6+. The molecule has 1 aromatic carbocycles. The van der Waals surface area contributed by atoms with E-state index in [2.05, 4.69) is 24.5 Å². The molecule has 112 valence electrons. The first-order valence-electron chi connectivity index (χ1n) is 6.93. The molecule has 3 N–H and O–H groups in total. The van der Waals surface area contributed by atoms with Crippen LogP contribution in [0.25, 0.3) is 6.08 Å². The van der Waals surface area contributed by atoms with Gasteiger partial charge in [0.2, 0.25) is 0 Å². The molecule has 21 heavy (non-hydrogen) atoms. The van der Waals surface area contributed by atoms with Crippen molar-refractivity contribution in [1.82, 2.24) is 5.32 Å². The lowest BCUT2D eigenvalue weighted by Crippen LogP contribution is -2.31. The molecule has 1 saturated carbocycles. The molecule has 0 saturated heterocycles. The Morgan fingerprint density at radius 3 is 2.76 bits per heavy atom. The second-order valence-electron chi connectivity index (χ2n) is 6.02. The molecule has 1 fully saturated rings. The molecule has 1 aliphatic carbocycles. The van der Waals surface area contributed by atoms with Gasteiger partial charge in [-0.2, -0.15) is 0 Å². The molecule has 2 rings (SSSR count). The minimum Gasteiger partial charge on any atom is -0.478 e. The van der Waals surface area contributed by atoms with E-state index in [0.717, 1.165) is 18.1 Å². The average molecular weight is 288 g/mol. The van der Waals surface area contributed by atoms with Gasteiger partial charge in [0.25, 0.3) is 0 Å². The van der Waals surface area contributed by atoms with Gasteiger partial charge in [0, 0.05) is 18.3 Å². The number of nitrogens with one attached hydrogen (secondary N) is 2. The molecule has 0 aromatic heterocycles. The molecule has 5 heteroatoms. The molecule has 1 unspecified atom stereocenters. The van der Waals surface area contributed by atoms with E-state index in [-0.39, 0.29) is 6.03 Å². The zero-order valence-corrected chi connectivity index (χ0v) is 12.2. The van der Waals surface area contributed by atoms with E-state index in [1.165, 1.54) is 6.08 Å². The van der Waals surface area contributed by atoms with Crippen molar-refractivity contribution in [2.24, 2.45) is 11.3 Å². The van der Waals surface area contributed by atoms with Gasteiger partial charge in [0.15, 0.2) is 0 Å². The van der Waals surface area contributed by atoms with Crippen LogP contribution in [0.15, 0.2) is 30.3 Å². The third-order valence-corrected chi connectivity index (χ3v) is 3.79. The van der Waals surface area contributed by atoms with Crippen LogP contribution >= 0.6 is 0 Å². The normalized spacial score (nSPS) is 19.2. The summed E-state index contributed by atoms with van der Waals surface area (Å²) in [6, 6.07) is 6.78. The summed E-state index contributed by atoms with van der Waals surface area (Å²) in [5.41, 5.74) is 1.70. The number of carbonyl (C=O) groups is 2. The van der Waals surface area contributed by atoms with Crippen LogP contribution in [0.2, 0.25) is 0 Å². The lowest BCUT2D eigenvalue weighted by molar-refractivity contribution is -0.131. The smallest absolute Gasteiger partial charge is 0.328 e. The van der Waals surface area contributed by atoms with Gasteiger partial charge in [-0.05, 0) is 41.5 Å². The third kappa shape index (κ3) is 4.63.